The van der Waals surface area contributed by atoms with Crippen molar-refractivity contribution in [2.24, 2.45) is 0 Å². The molecular formula is C13H18ClFN2O. The minimum absolute atomic E-state index is 0. The fourth-order valence-corrected chi connectivity index (χ4v) is 1.98. The van der Waals surface area contributed by atoms with Crippen LogP contribution in [0.3, 0.4) is 0 Å². The number of halogens is 2. The van der Waals surface area contributed by atoms with E-state index in [2.05, 4.69) is 10.6 Å². The molecule has 1 aliphatic heterocycles. The first-order chi connectivity index (χ1) is 8.16. The topological polar surface area (TPSA) is 41.1 Å². The minimum atomic E-state index is -0.334. The van der Waals surface area contributed by atoms with Crippen molar-refractivity contribution in [3.05, 3.63) is 35.1 Å². The van der Waals surface area contributed by atoms with Gasteiger partial charge in [0.15, 0.2) is 0 Å². The summed E-state index contributed by atoms with van der Waals surface area (Å²) >= 11 is 0. The highest BCUT2D eigenvalue weighted by Gasteiger charge is 2.16. The average molecular weight is 273 g/mol. The molecule has 0 bridgehead atoms. The molecule has 0 saturated carbocycles. The standard InChI is InChI=1S/C13H17FN2O.ClH/c1-9-4-5-10(7-12(9)14)13(17)16-11-3-2-6-15-8-11;/h4-5,7,11,15H,2-3,6,8H2,1H3,(H,16,17);1H/t11-;/m1./s1. The van der Waals surface area contributed by atoms with E-state index in [1.54, 1.807) is 19.1 Å². The van der Waals surface area contributed by atoms with Crippen LogP contribution in [0.4, 0.5) is 4.39 Å². The second kappa shape index (κ2) is 6.71. The lowest BCUT2D eigenvalue weighted by Crippen LogP contribution is -2.45. The third kappa shape index (κ3) is 3.68. The Hall–Kier alpha value is -1.13. The molecular weight excluding hydrogens is 255 g/mol. The van der Waals surface area contributed by atoms with Gasteiger partial charge in [-0.1, -0.05) is 6.07 Å². The van der Waals surface area contributed by atoms with Gasteiger partial charge in [0.2, 0.25) is 0 Å². The molecule has 2 N–H and O–H groups in total. The first-order valence-electron chi connectivity index (χ1n) is 5.94. The molecule has 1 aromatic rings. The number of hydrogen-bond acceptors (Lipinski definition) is 2. The Balaban J connectivity index is 0.00000162. The lowest BCUT2D eigenvalue weighted by atomic mass is 10.1. The maximum absolute atomic E-state index is 13.3. The molecule has 18 heavy (non-hydrogen) atoms. The average Bonchev–Trinajstić information content (AvgIpc) is 2.34. The van der Waals surface area contributed by atoms with Crippen LogP contribution in [0.2, 0.25) is 0 Å². The number of benzene rings is 1. The van der Waals surface area contributed by atoms with Gasteiger partial charge >= 0.3 is 0 Å². The molecule has 5 heteroatoms. The third-order valence-corrected chi connectivity index (χ3v) is 3.07. The van der Waals surface area contributed by atoms with Crippen LogP contribution >= 0.6 is 12.4 Å². The summed E-state index contributed by atoms with van der Waals surface area (Å²) in [5.74, 6) is -0.531. The Morgan fingerprint density at radius 2 is 2.28 bits per heavy atom. The normalized spacial score (nSPS) is 18.9. The van der Waals surface area contributed by atoms with E-state index in [1.807, 2.05) is 0 Å². The molecule has 2 rings (SSSR count). The molecule has 1 fully saturated rings. The first kappa shape index (κ1) is 14.9. The Morgan fingerprint density at radius 1 is 1.50 bits per heavy atom. The molecule has 1 atom stereocenters. The van der Waals surface area contributed by atoms with E-state index in [1.165, 1.54) is 6.07 Å². The maximum atomic E-state index is 13.3. The number of amides is 1. The van der Waals surface area contributed by atoms with E-state index >= 15 is 0 Å². The number of carbonyl (C=O) groups is 1. The lowest BCUT2D eigenvalue weighted by Gasteiger charge is -2.23. The molecule has 1 saturated heterocycles. The fourth-order valence-electron chi connectivity index (χ4n) is 1.98. The SMILES string of the molecule is Cc1ccc(C(=O)N[C@@H]2CCCNC2)cc1F.Cl. The van der Waals surface area contributed by atoms with Crippen molar-refractivity contribution in [2.45, 2.75) is 25.8 Å². The number of hydrogen-bond donors (Lipinski definition) is 2. The zero-order chi connectivity index (χ0) is 12.3. The van der Waals surface area contributed by atoms with Gasteiger partial charge in [0.05, 0.1) is 0 Å². The van der Waals surface area contributed by atoms with Gasteiger partial charge in [-0.15, -0.1) is 12.4 Å². The van der Waals surface area contributed by atoms with Crippen LogP contribution in [0.15, 0.2) is 18.2 Å². The van der Waals surface area contributed by atoms with E-state index in [4.69, 9.17) is 0 Å². The number of rotatable bonds is 2. The van der Waals surface area contributed by atoms with Gasteiger partial charge in [0.1, 0.15) is 5.82 Å². The highest BCUT2D eigenvalue weighted by atomic mass is 35.5. The smallest absolute Gasteiger partial charge is 0.251 e. The highest BCUT2D eigenvalue weighted by molar-refractivity contribution is 5.94. The van der Waals surface area contributed by atoms with Gasteiger partial charge in [-0.3, -0.25) is 4.79 Å². The van der Waals surface area contributed by atoms with E-state index in [0.29, 0.717) is 11.1 Å². The van der Waals surface area contributed by atoms with Crippen LogP contribution in [0.25, 0.3) is 0 Å². The predicted octanol–water partition coefficient (Wildman–Crippen LogP) is 2.04. The van der Waals surface area contributed by atoms with Crippen LogP contribution < -0.4 is 10.6 Å². The molecule has 0 spiro atoms. The molecule has 100 valence electrons. The summed E-state index contributed by atoms with van der Waals surface area (Å²) < 4.78 is 13.3. The van der Waals surface area contributed by atoms with E-state index in [9.17, 15) is 9.18 Å². The summed E-state index contributed by atoms with van der Waals surface area (Å²) in [4.78, 5) is 11.9. The van der Waals surface area contributed by atoms with Gasteiger partial charge in [-0.05, 0) is 44.0 Å². The largest absolute Gasteiger partial charge is 0.348 e. The number of aryl methyl sites for hydroxylation is 1. The zero-order valence-electron chi connectivity index (χ0n) is 10.3. The Bertz CT molecular complexity index is 419. The quantitative estimate of drug-likeness (QED) is 0.865. The molecule has 0 radical (unpaired) electrons. The third-order valence-electron chi connectivity index (χ3n) is 3.07. The molecule has 3 nitrogen and oxygen atoms in total. The van der Waals surface area contributed by atoms with Crippen LogP contribution in [-0.2, 0) is 0 Å². The Morgan fingerprint density at radius 3 is 2.89 bits per heavy atom. The summed E-state index contributed by atoms with van der Waals surface area (Å²) in [6.07, 6.45) is 2.04. The van der Waals surface area contributed by atoms with Crippen LogP contribution in [0.5, 0.6) is 0 Å². The molecule has 1 aromatic carbocycles. The van der Waals surface area contributed by atoms with E-state index < -0.39 is 0 Å². The number of nitrogens with one attached hydrogen (secondary N) is 2. The van der Waals surface area contributed by atoms with Crippen molar-refractivity contribution >= 4 is 18.3 Å². The molecule has 1 aliphatic rings. The zero-order valence-corrected chi connectivity index (χ0v) is 11.1. The second-order valence-electron chi connectivity index (χ2n) is 4.48. The van der Waals surface area contributed by atoms with Gasteiger partial charge in [-0.25, -0.2) is 4.39 Å². The summed E-state index contributed by atoms with van der Waals surface area (Å²) in [7, 11) is 0. The van der Waals surface area contributed by atoms with E-state index in [0.717, 1.165) is 25.9 Å². The Kier molecular flexibility index (Phi) is 5.56. The fraction of sp³-hybridized carbons (Fsp3) is 0.462. The summed E-state index contributed by atoms with van der Waals surface area (Å²) in [5, 5.41) is 6.14. The molecule has 0 aromatic heterocycles. The van der Waals surface area contributed by atoms with Gasteiger partial charge in [0.25, 0.3) is 5.91 Å². The van der Waals surface area contributed by atoms with E-state index in [-0.39, 0.29) is 30.2 Å². The molecule has 0 aliphatic carbocycles. The predicted molar refractivity (Wildman–Crippen MR) is 71.7 cm³/mol. The van der Waals surface area contributed by atoms with Crippen LogP contribution in [0, 0.1) is 12.7 Å². The van der Waals surface area contributed by atoms with Crippen molar-refractivity contribution < 1.29 is 9.18 Å². The van der Waals surface area contributed by atoms with Crippen molar-refractivity contribution in [2.75, 3.05) is 13.1 Å². The van der Waals surface area contributed by atoms with Crippen LogP contribution in [-0.4, -0.2) is 25.0 Å². The second-order valence-corrected chi connectivity index (χ2v) is 4.48. The van der Waals surface area contributed by atoms with Crippen molar-refractivity contribution in [3.63, 3.8) is 0 Å². The summed E-state index contributed by atoms with van der Waals surface area (Å²) in [5.41, 5.74) is 0.944. The number of carbonyl (C=O) groups excluding carboxylic acids is 1. The maximum Gasteiger partial charge on any atom is 0.251 e. The number of piperidine rings is 1. The first-order valence-corrected chi connectivity index (χ1v) is 5.94. The summed E-state index contributed by atoms with van der Waals surface area (Å²) in [6.45, 7) is 3.48. The summed E-state index contributed by atoms with van der Waals surface area (Å²) in [6, 6.07) is 4.73. The van der Waals surface area contributed by atoms with Crippen molar-refractivity contribution in [1.29, 1.82) is 0 Å². The van der Waals surface area contributed by atoms with Crippen molar-refractivity contribution in [1.82, 2.24) is 10.6 Å². The van der Waals surface area contributed by atoms with Gasteiger partial charge in [0, 0.05) is 18.2 Å². The molecule has 0 unspecified atom stereocenters. The lowest BCUT2D eigenvalue weighted by molar-refractivity contribution is 0.0930. The van der Waals surface area contributed by atoms with Gasteiger partial charge < -0.3 is 10.6 Å². The van der Waals surface area contributed by atoms with Gasteiger partial charge in [-0.2, -0.15) is 0 Å². The van der Waals surface area contributed by atoms with Crippen LogP contribution in [0.1, 0.15) is 28.8 Å². The monoisotopic (exact) mass is 272 g/mol. The Labute approximate surface area is 113 Å². The minimum Gasteiger partial charge on any atom is -0.348 e. The molecule has 1 amide bonds. The van der Waals surface area contributed by atoms with Crippen molar-refractivity contribution in [3.8, 4) is 0 Å². The molecule has 1 heterocycles. The highest BCUT2D eigenvalue weighted by Crippen LogP contribution is 2.10.